The fourth-order valence-corrected chi connectivity index (χ4v) is 6.26. The number of fused-ring (bicyclic) bond motifs is 1. The van der Waals surface area contributed by atoms with Gasteiger partial charge < -0.3 is 14.4 Å². The Morgan fingerprint density at radius 2 is 1.95 bits per heavy atom. The van der Waals surface area contributed by atoms with Crippen molar-refractivity contribution in [3.8, 4) is 17.0 Å². The molecule has 2 aliphatic heterocycles. The van der Waals surface area contributed by atoms with Crippen LogP contribution in [0.4, 0.5) is 10.2 Å². The van der Waals surface area contributed by atoms with Gasteiger partial charge in [0.1, 0.15) is 17.5 Å². The highest BCUT2D eigenvalue weighted by Crippen LogP contribution is 2.37. The summed E-state index contributed by atoms with van der Waals surface area (Å²) in [6.07, 6.45) is 4.54. The molecule has 3 aromatic heterocycles. The number of hydrogen-bond donors (Lipinski definition) is 1. The number of pyridine rings is 2. The second kappa shape index (κ2) is 10.2. The SMILES string of the molecule is C[C@H]1CN(C2(C)CN(c3ncc(-c4n[nH]c5ccc(O[C@H](C)c6c(Cl)cncc6Cl)cc45)cc3F)C2)CCO1. The van der Waals surface area contributed by atoms with E-state index in [1.807, 2.05) is 30.0 Å². The molecule has 5 heterocycles. The Labute approximate surface area is 236 Å². The van der Waals surface area contributed by atoms with Crippen LogP contribution in [0, 0.1) is 5.82 Å². The summed E-state index contributed by atoms with van der Waals surface area (Å²) in [5, 5.41) is 9.12. The van der Waals surface area contributed by atoms with E-state index in [9.17, 15) is 0 Å². The Balaban J connectivity index is 1.21. The van der Waals surface area contributed by atoms with Crippen LogP contribution in [0.2, 0.25) is 10.0 Å². The summed E-state index contributed by atoms with van der Waals surface area (Å²) in [6.45, 7) is 10.1. The van der Waals surface area contributed by atoms with Crippen LogP contribution >= 0.6 is 23.2 Å². The van der Waals surface area contributed by atoms with E-state index in [0.717, 1.165) is 43.7 Å². The zero-order valence-corrected chi connectivity index (χ0v) is 23.4. The lowest BCUT2D eigenvalue weighted by atomic mass is 9.89. The minimum absolute atomic E-state index is 0.0124. The van der Waals surface area contributed by atoms with E-state index in [4.69, 9.17) is 32.7 Å². The Bertz CT molecular complexity index is 1510. The maximum absolute atomic E-state index is 15.4. The maximum Gasteiger partial charge on any atom is 0.166 e. The summed E-state index contributed by atoms with van der Waals surface area (Å²) in [5.74, 6) is 0.592. The fourth-order valence-electron chi connectivity index (χ4n) is 5.59. The van der Waals surface area contributed by atoms with Crippen molar-refractivity contribution in [2.45, 2.75) is 38.5 Å². The van der Waals surface area contributed by atoms with Gasteiger partial charge in [0.25, 0.3) is 0 Å². The normalized spacial score (nSPS) is 20.2. The lowest BCUT2D eigenvalue weighted by molar-refractivity contribution is -0.0656. The minimum atomic E-state index is -0.415. The van der Waals surface area contributed by atoms with Gasteiger partial charge in [0.15, 0.2) is 11.6 Å². The number of rotatable bonds is 6. The van der Waals surface area contributed by atoms with Crippen molar-refractivity contribution in [1.29, 1.82) is 0 Å². The molecule has 2 aliphatic rings. The van der Waals surface area contributed by atoms with E-state index < -0.39 is 6.10 Å². The molecule has 6 rings (SSSR count). The first-order valence-electron chi connectivity index (χ1n) is 12.9. The molecule has 0 radical (unpaired) electrons. The smallest absolute Gasteiger partial charge is 0.166 e. The molecule has 0 amide bonds. The number of benzene rings is 1. The second-order valence-corrected chi connectivity index (χ2v) is 11.4. The topological polar surface area (TPSA) is 79.4 Å². The van der Waals surface area contributed by atoms with Gasteiger partial charge in [-0.25, -0.2) is 9.37 Å². The molecule has 39 heavy (non-hydrogen) atoms. The largest absolute Gasteiger partial charge is 0.486 e. The summed E-state index contributed by atoms with van der Waals surface area (Å²) < 4.78 is 27.2. The number of morpholine rings is 1. The summed E-state index contributed by atoms with van der Waals surface area (Å²) >= 11 is 12.6. The third-order valence-corrected chi connectivity index (χ3v) is 8.21. The number of hydrogen-bond acceptors (Lipinski definition) is 7. The van der Waals surface area contributed by atoms with Gasteiger partial charge in [0.05, 0.1) is 33.8 Å². The van der Waals surface area contributed by atoms with E-state index in [0.29, 0.717) is 38.4 Å². The Morgan fingerprint density at radius 1 is 1.18 bits per heavy atom. The van der Waals surface area contributed by atoms with Crippen molar-refractivity contribution < 1.29 is 13.9 Å². The number of aromatic amines is 1. The molecule has 2 atom stereocenters. The zero-order chi connectivity index (χ0) is 27.3. The van der Waals surface area contributed by atoms with E-state index >= 15 is 4.39 Å². The Morgan fingerprint density at radius 3 is 2.67 bits per heavy atom. The van der Waals surface area contributed by atoms with E-state index in [-0.39, 0.29) is 17.5 Å². The third-order valence-electron chi connectivity index (χ3n) is 7.61. The first-order chi connectivity index (χ1) is 18.7. The predicted molar refractivity (Wildman–Crippen MR) is 150 cm³/mol. The summed E-state index contributed by atoms with van der Waals surface area (Å²) in [6, 6.07) is 7.07. The zero-order valence-electron chi connectivity index (χ0n) is 21.9. The summed E-state index contributed by atoms with van der Waals surface area (Å²) in [4.78, 5) is 12.9. The van der Waals surface area contributed by atoms with Crippen molar-refractivity contribution in [1.82, 2.24) is 25.1 Å². The monoisotopic (exact) mass is 570 g/mol. The van der Waals surface area contributed by atoms with Crippen molar-refractivity contribution in [2.75, 3.05) is 37.7 Å². The van der Waals surface area contributed by atoms with Crippen LogP contribution in [0.5, 0.6) is 5.75 Å². The van der Waals surface area contributed by atoms with Gasteiger partial charge in [0, 0.05) is 61.3 Å². The van der Waals surface area contributed by atoms with Gasteiger partial charge in [-0.1, -0.05) is 23.2 Å². The highest BCUT2D eigenvalue weighted by atomic mass is 35.5. The molecular formula is C28H29Cl2FN6O2. The molecule has 8 nitrogen and oxygen atoms in total. The second-order valence-electron chi connectivity index (χ2n) is 10.6. The van der Waals surface area contributed by atoms with Crippen molar-refractivity contribution in [3.05, 3.63) is 64.3 Å². The lowest BCUT2D eigenvalue weighted by Crippen LogP contribution is -2.71. The third kappa shape index (κ3) is 4.93. The number of nitrogens with one attached hydrogen (secondary N) is 1. The minimum Gasteiger partial charge on any atom is -0.486 e. The van der Waals surface area contributed by atoms with Crippen LogP contribution in [0.15, 0.2) is 42.9 Å². The van der Waals surface area contributed by atoms with E-state index in [1.165, 1.54) is 18.5 Å². The van der Waals surface area contributed by atoms with Crippen LogP contribution in [-0.4, -0.2) is 69.5 Å². The van der Waals surface area contributed by atoms with Gasteiger partial charge >= 0.3 is 0 Å². The number of H-pyrrole nitrogens is 1. The van der Waals surface area contributed by atoms with Gasteiger partial charge in [-0.05, 0) is 45.0 Å². The number of anilines is 1. The number of ether oxygens (including phenoxy) is 2. The van der Waals surface area contributed by atoms with E-state index in [1.54, 1.807) is 6.20 Å². The molecule has 204 valence electrons. The van der Waals surface area contributed by atoms with Crippen LogP contribution in [0.3, 0.4) is 0 Å². The average Bonchev–Trinajstić information content (AvgIpc) is 3.30. The summed E-state index contributed by atoms with van der Waals surface area (Å²) in [7, 11) is 0. The molecular weight excluding hydrogens is 542 g/mol. The van der Waals surface area contributed by atoms with Crippen molar-refractivity contribution in [2.24, 2.45) is 0 Å². The predicted octanol–water partition coefficient (Wildman–Crippen LogP) is 5.91. The molecule has 0 unspecified atom stereocenters. The van der Waals surface area contributed by atoms with Gasteiger partial charge in [0.2, 0.25) is 0 Å². The molecule has 1 aromatic carbocycles. The molecule has 0 bridgehead atoms. The highest BCUT2D eigenvalue weighted by Gasteiger charge is 2.46. The number of aromatic nitrogens is 4. The van der Waals surface area contributed by atoms with Crippen molar-refractivity contribution >= 4 is 39.9 Å². The maximum atomic E-state index is 15.4. The number of halogens is 3. The average molecular weight is 571 g/mol. The van der Waals surface area contributed by atoms with E-state index in [2.05, 4.69) is 38.9 Å². The fraction of sp³-hybridized carbons (Fsp3) is 0.393. The lowest BCUT2D eigenvalue weighted by Gasteiger charge is -2.56. The standard InChI is InChI=1S/C28H29Cl2FN6O2/c1-16-13-37(6-7-38-16)28(3)14-36(15-28)27-23(31)8-18(10-33-27)26-20-9-19(4-5-24(20)34-35-26)39-17(2)25-21(29)11-32-12-22(25)30/h4-5,8-12,16-17H,6-7,13-15H2,1-3H3,(H,34,35)/t16-,17+/m0/s1. The van der Waals surface area contributed by atoms with Crippen LogP contribution in [-0.2, 0) is 4.74 Å². The molecule has 0 spiro atoms. The molecule has 11 heteroatoms. The Hall–Kier alpha value is -2.98. The van der Waals surface area contributed by atoms with Crippen LogP contribution in [0.1, 0.15) is 32.4 Å². The molecule has 2 saturated heterocycles. The first-order valence-corrected chi connectivity index (χ1v) is 13.7. The molecule has 0 saturated carbocycles. The Kier molecular flexibility index (Phi) is 6.87. The van der Waals surface area contributed by atoms with Gasteiger partial charge in [-0.15, -0.1) is 0 Å². The van der Waals surface area contributed by atoms with Gasteiger partial charge in [-0.2, -0.15) is 5.10 Å². The molecule has 1 N–H and O–H groups in total. The molecule has 0 aliphatic carbocycles. The molecule has 2 fully saturated rings. The molecule has 4 aromatic rings. The number of nitrogens with zero attached hydrogens (tertiary/aromatic N) is 5. The quantitative estimate of drug-likeness (QED) is 0.309. The summed E-state index contributed by atoms with van der Waals surface area (Å²) in [5.41, 5.74) is 2.62. The highest BCUT2D eigenvalue weighted by molar-refractivity contribution is 6.35. The van der Waals surface area contributed by atoms with Crippen LogP contribution < -0.4 is 9.64 Å². The first kappa shape index (κ1) is 26.3. The van der Waals surface area contributed by atoms with Gasteiger partial charge in [-0.3, -0.25) is 15.0 Å². The van der Waals surface area contributed by atoms with Crippen LogP contribution in [0.25, 0.3) is 22.2 Å². The van der Waals surface area contributed by atoms with Crippen molar-refractivity contribution in [3.63, 3.8) is 0 Å².